The van der Waals surface area contributed by atoms with Crippen LogP contribution in [0.15, 0.2) is 58.0 Å². The Bertz CT molecular complexity index is 1390. The lowest BCUT2D eigenvalue weighted by Crippen LogP contribution is -2.33. The lowest BCUT2D eigenvalue weighted by atomic mass is 9.86. The number of likely N-dealkylation sites (N-methyl/N-ethyl adjacent to an activating group) is 1. The summed E-state index contributed by atoms with van der Waals surface area (Å²) in [6, 6.07) is 12.4. The number of amides is 1. The highest BCUT2D eigenvalue weighted by Crippen LogP contribution is 2.42. The molecule has 1 aliphatic rings. The molecule has 4 rings (SSSR count). The Morgan fingerprint density at radius 3 is 2.50 bits per heavy atom. The minimum atomic E-state index is -3.49. The second-order valence-corrected chi connectivity index (χ2v) is 12.3. The standard InChI is InChI=1S/C24H26BrN5O3S/c1-14(2)34(32,33)20-9-7-6-8-18(20)28-21-17(25)13-26-23(29-21)27-15-10-11-19-16(12-15)24(3,4)22(31)30(19)5/h6-14H,1-5H3,(H2,26,27,28,29). The lowest BCUT2D eigenvalue weighted by Gasteiger charge is -2.17. The Morgan fingerprint density at radius 1 is 1.09 bits per heavy atom. The largest absolute Gasteiger partial charge is 0.338 e. The molecule has 0 saturated heterocycles. The van der Waals surface area contributed by atoms with Gasteiger partial charge >= 0.3 is 0 Å². The number of para-hydroxylation sites is 1. The number of aromatic nitrogens is 2. The van der Waals surface area contributed by atoms with Crippen LogP contribution in [0.3, 0.4) is 0 Å². The summed E-state index contributed by atoms with van der Waals surface area (Å²) in [7, 11) is -1.72. The van der Waals surface area contributed by atoms with Crippen LogP contribution < -0.4 is 15.5 Å². The van der Waals surface area contributed by atoms with E-state index in [1.165, 1.54) is 0 Å². The molecule has 0 bridgehead atoms. The van der Waals surface area contributed by atoms with Gasteiger partial charge in [0.25, 0.3) is 0 Å². The topological polar surface area (TPSA) is 104 Å². The van der Waals surface area contributed by atoms with Gasteiger partial charge < -0.3 is 15.5 Å². The number of rotatable bonds is 6. The van der Waals surface area contributed by atoms with Crippen LogP contribution in [0.1, 0.15) is 33.3 Å². The summed E-state index contributed by atoms with van der Waals surface area (Å²) in [5.41, 5.74) is 2.35. The van der Waals surface area contributed by atoms with Crippen LogP contribution in [0.4, 0.5) is 28.8 Å². The first-order valence-corrected chi connectivity index (χ1v) is 13.1. The molecule has 2 heterocycles. The molecule has 0 fully saturated rings. The number of carbonyl (C=O) groups is 1. The Kier molecular flexibility index (Phi) is 6.15. The fourth-order valence-corrected chi connectivity index (χ4v) is 5.39. The molecule has 0 saturated carbocycles. The minimum Gasteiger partial charge on any atom is -0.338 e. The quantitative estimate of drug-likeness (QED) is 0.442. The maximum atomic E-state index is 12.8. The molecule has 0 unspecified atom stereocenters. The molecule has 0 atom stereocenters. The summed E-state index contributed by atoms with van der Waals surface area (Å²) in [4.78, 5) is 23.3. The zero-order valence-electron chi connectivity index (χ0n) is 19.5. The molecular weight excluding hydrogens is 518 g/mol. The van der Waals surface area contributed by atoms with Crippen molar-refractivity contribution in [3.8, 4) is 0 Å². The molecule has 178 valence electrons. The Morgan fingerprint density at radius 2 is 1.79 bits per heavy atom. The first kappa shape index (κ1) is 24.2. The van der Waals surface area contributed by atoms with E-state index in [-0.39, 0.29) is 10.8 Å². The van der Waals surface area contributed by atoms with Gasteiger partial charge in [-0.3, -0.25) is 4.79 Å². The minimum absolute atomic E-state index is 0.0426. The third-order valence-corrected chi connectivity index (χ3v) is 8.73. The summed E-state index contributed by atoms with van der Waals surface area (Å²) in [6.45, 7) is 7.11. The van der Waals surface area contributed by atoms with Crippen LogP contribution in [-0.2, 0) is 20.0 Å². The number of fused-ring (bicyclic) bond motifs is 1. The van der Waals surface area contributed by atoms with E-state index in [1.54, 1.807) is 56.3 Å². The first-order chi connectivity index (χ1) is 15.9. The van der Waals surface area contributed by atoms with Crippen molar-refractivity contribution in [3.05, 3.63) is 58.7 Å². The highest BCUT2D eigenvalue weighted by Gasteiger charge is 2.42. The molecular formula is C24H26BrN5O3S. The normalized spacial score (nSPS) is 14.9. The van der Waals surface area contributed by atoms with Crippen LogP contribution in [0.5, 0.6) is 0 Å². The van der Waals surface area contributed by atoms with Crippen LogP contribution >= 0.6 is 15.9 Å². The Hall–Kier alpha value is -2.98. The monoisotopic (exact) mass is 543 g/mol. The van der Waals surface area contributed by atoms with Gasteiger partial charge in [0.15, 0.2) is 9.84 Å². The number of anilines is 5. The zero-order valence-corrected chi connectivity index (χ0v) is 22.0. The number of nitrogens with one attached hydrogen (secondary N) is 2. The predicted octanol–water partition coefficient (Wildman–Crippen LogP) is 5.16. The molecule has 3 aromatic rings. The SMILES string of the molecule is CC(C)S(=O)(=O)c1ccccc1Nc1nc(Nc2ccc3c(c2)C(C)(C)C(=O)N3C)ncc1Br. The highest BCUT2D eigenvalue weighted by molar-refractivity contribution is 9.10. The van der Waals surface area contributed by atoms with Crippen molar-refractivity contribution in [2.24, 2.45) is 0 Å². The predicted molar refractivity (Wildman–Crippen MR) is 138 cm³/mol. The number of sulfone groups is 1. The van der Waals surface area contributed by atoms with Gasteiger partial charge in [0.2, 0.25) is 11.9 Å². The van der Waals surface area contributed by atoms with Crippen LogP contribution in [0, 0.1) is 0 Å². The average Bonchev–Trinajstić information content (AvgIpc) is 2.96. The number of nitrogens with zero attached hydrogens (tertiary/aromatic N) is 3. The number of carbonyl (C=O) groups excluding carboxylic acids is 1. The van der Waals surface area contributed by atoms with Crippen molar-refractivity contribution in [2.45, 2.75) is 43.3 Å². The summed E-state index contributed by atoms with van der Waals surface area (Å²) in [6.07, 6.45) is 1.59. The molecule has 0 spiro atoms. The summed E-state index contributed by atoms with van der Waals surface area (Å²) in [5, 5.41) is 5.75. The van der Waals surface area contributed by atoms with Gasteiger partial charge in [0.1, 0.15) is 5.82 Å². The van der Waals surface area contributed by atoms with Gasteiger partial charge in [-0.15, -0.1) is 0 Å². The van der Waals surface area contributed by atoms with E-state index in [4.69, 9.17) is 0 Å². The Labute approximate surface area is 207 Å². The van der Waals surface area contributed by atoms with Gasteiger partial charge in [0, 0.05) is 24.6 Å². The van der Waals surface area contributed by atoms with E-state index in [1.807, 2.05) is 32.0 Å². The van der Waals surface area contributed by atoms with Crippen molar-refractivity contribution in [1.82, 2.24) is 9.97 Å². The molecule has 10 heteroatoms. The lowest BCUT2D eigenvalue weighted by molar-refractivity contribution is -0.121. The molecule has 0 radical (unpaired) electrons. The van der Waals surface area contributed by atoms with E-state index in [0.717, 1.165) is 16.9 Å². The summed E-state index contributed by atoms with van der Waals surface area (Å²) >= 11 is 3.44. The molecule has 34 heavy (non-hydrogen) atoms. The second-order valence-electron chi connectivity index (χ2n) is 8.95. The van der Waals surface area contributed by atoms with Gasteiger partial charge in [0.05, 0.1) is 25.7 Å². The van der Waals surface area contributed by atoms with E-state index in [2.05, 4.69) is 36.5 Å². The van der Waals surface area contributed by atoms with Gasteiger partial charge in [-0.2, -0.15) is 4.98 Å². The molecule has 8 nitrogen and oxygen atoms in total. The van der Waals surface area contributed by atoms with Crippen molar-refractivity contribution in [1.29, 1.82) is 0 Å². The highest BCUT2D eigenvalue weighted by atomic mass is 79.9. The summed E-state index contributed by atoms with van der Waals surface area (Å²) in [5.74, 6) is 0.784. The van der Waals surface area contributed by atoms with E-state index < -0.39 is 20.5 Å². The van der Waals surface area contributed by atoms with Crippen LogP contribution in [-0.4, -0.2) is 36.6 Å². The third kappa shape index (κ3) is 4.16. The first-order valence-electron chi connectivity index (χ1n) is 10.7. The van der Waals surface area contributed by atoms with Crippen LogP contribution in [0.25, 0.3) is 0 Å². The van der Waals surface area contributed by atoms with Crippen molar-refractivity contribution in [3.63, 3.8) is 0 Å². The van der Waals surface area contributed by atoms with E-state index in [0.29, 0.717) is 21.9 Å². The van der Waals surface area contributed by atoms with E-state index >= 15 is 0 Å². The maximum Gasteiger partial charge on any atom is 0.236 e. The van der Waals surface area contributed by atoms with Crippen molar-refractivity contribution >= 4 is 60.5 Å². The van der Waals surface area contributed by atoms with Crippen molar-refractivity contribution in [2.75, 3.05) is 22.6 Å². The second kappa shape index (κ2) is 8.66. The molecule has 2 aromatic carbocycles. The molecule has 0 aliphatic carbocycles. The van der Waals surface area contributed by atoms with E-state index in [9.17, 15) is 13.2 Å². The fourth-order valence-electron chi connectivity index (χ4n) is 3.89. The molecule has 2 N–H and O–H groups in total. The molecule has 1 aliphatic heterocycles. The number of hydrogen-bond donors (Lipinski definition) is 2. The molecule has 1 aromatic heterocycles. The van der Waals surface area contributed by atoms with Gasteiger partial charge in [-0.05, 0) is 79.5 Å². The van der Waals surface area contributed by atoms with Gasteiger partial charge in [-0.25, -0.2) is 13.4 Å². The van der Waals surface area contributed by atoms with Crippen LogP contribution in [0.2, 0.25) is 0 Å². The van der Waals surface area contributed by atoms with Gasteiger partial charge in [-0.1, -0.05) is 12.1 Å². The average molecular weight is 544 g/mol. The molecule has 1 amide bonds. The number of halogens is 1. The number of hydrogen-bond acceptors (Lipinski definition) is 7. The smallest absolute Gasteiger partial charge is 0.236 e. The summed E-state index contributed by atoms with van der Waals surface area (Å²) < 4.78 is 26.2. The Balaban J connectivity index is 1.65. The third-order valence-electron chi connectivity index (χ3n) is 5.94. The fraction of sp³-hybridized carbons (Fsp3) is 0.292. The zero-order chi connectivity index (χ0) is 24.8. The number of benzene rings is 2. The maximum absolute atomic E-state index is 12.8. The van der Waals surface area contributed by atoms with Crippen molar-refractivity contribution < 1.29 is 13.2 Å².